The Morgan fingerprint density at radius 2 is 2.05 bits per heavy atom. The van der Waals surface area contributed by atoms with Gasteiger partial charge in [-0.2, -0.15) is 4.31 Å². The quantitative estimate of drug-likeness (QED) is 0.915. The molecule has 3 rings (SSSR count). The van der Waals surface area contributed by atoms with E-state index < -0.39 is 10.0 Å². The zero-order valence-corrected chi connectivity index (χ0v) is 13.2. The lowest BCUT2D eigenvalue weighted by Crippen LogP contribution is -2.33. The Labute approximate surface area is 129 Å². The first-order chi connectivity index (χ1) is 10.5. The van der Waals surface area contributed by atoms with Crippen LogP contribution < -0.4 is 5.73 Å². The molecule has 2 heterocycles. The zero-order valence-electron chi connectivity index (χ0n) is 12.3. The van der Waals surface area contributed by atoms with E-state index in [2.05, 4.69) is 5.16 Å². The van der Waals surface area contributed by atoms with Crippen LogP contribution in [0.15, 0.2) is 40.9 Å². The van der Waals surface area contributed by atoms with E-state index in [-0.39, 0.29) is 17.7 Å². The summed E-state index contributed by atoms with van der Waals surface area (Å²) in [7, 11) is -3.45. The van der Waals surface area contributed by atoms with Gasteiger partial charge in [0.25, 0.3) is 0 Å². The molecule has 7 heteroatoms. The maximum Gasteiger partial charge on any atom is 0.221 e. The highest BCUT2D eigenvalue weighted by atomic mass is 32.2. The predicted octanol–water partition coefficient (Wildman–Crippen LogP) is 1.24. The van der Waals surface area contributed by atoms with E-state index in [4.69, 9.17) is 10.3 Å². The van der Waals surface area contributed by atoms with Crippen LogP contribution in [-0.4, -0.2) is 37.0 Å². The Balaban J connectivity index is 1.76. The molecule has 1 aliphatic rings. The van der Waals surface area contributed by atoms with Crippen LogP contribution in [0.2, 0.25) is 0 Å². The molecule has 6 nitrogen and oxygen atoms in total. The molecule has 0 bridgehead atoms. The highest BCUT2D eigenvalue weighted by Gasteiger charge is 2.37. The number of sulfonamides is 1. The number of aromatic nitrogens is 1. The minimum absolute atomic E-state index is 0.0208. The van der Waals surface area contributed by atoms with E-state index in [1.165, 1.54) is 4.31 Å². The van der Waals surface area contributed by atoms with Gasteiger partial charge in [0, 0.05) is 31.1 Å². The number of benzene rings is 1. The fourth-order valence-electron chi connectivity index (χ4n) is 2.83. The second-order valence-electron chi connectivity index (χ2n) is 5.69. The third-order valence-corrected chi connectivity index (χ3v) is 5.69. The molecule has 1 aliphatic heterocycles. The average Bonchev–Trinajstić information content (AvgIpc) is 3.06. The summed E-state index contributed by atoms with van der Waals surface area (Å²) < 4.78 is 31.5. The highest BCUT2D eigenvalue weighted by Crippen LogP contribution is 2.29. The largest absolute Gasteiger partial charge is 0.360 e. The maximum absolute atomic E-state index is 12.5. The van der Waals surface area contributed by atoms with Crippen molar-refractivity contribution in [2.75, 3.05) is 13.1 Å². The van der Waals surface area contributed by atoms with E-state index in [0.29, 0.717) is 24.5 Å². The van der Waals surface area contributed by atoms with Crippen LogP contribution >= 0.6 is 0 Å². The van der Waals surface area contributed by atoms with Crippen molar-refractivity contribution in [3.8, 4) is 0 Å². The van der Waals surface area contributed by atoms with Gasteiger partial charge in [0.15, 0.2) is 5.76 Å². The zero-order chi connectivity index (χ0) is 15.7. The van der Waals surface area contributed by atoms with Crippen molar-refractivity contribution in [2.45, 2.75) is 24.6 Å². The molecule has 1 aromatic heterocycles. The Hall–Kier alpha value is -1.70. The summed E-state index contributed by atoms with van der Waals surface area (Å²) in [5, 5.41) is 3.72. The number of hydrogen-bond donors (Lipinski definition) is 1. The van der Waals surface area contributed by atoms with Gasteiger partial charge in [-0.1, -0.05) is 35.5 Å². The number of hydrogen-bond acceptors (Lipinski definition) is 5. The number of aryl methyl sites for hydroxylation is 1. The van der Waals surface area contributed by atoms with Crippen LogP contribution in [0.3, 0.4) is 0 Å². The summed E-state index contributed by atoms with van der Waals surface area (Å²) >= 11 is 0. The number of nitrogens with two attached hydrogens (primary N) is 1. The highest BCUT2D eigenvalue weighted by molar-refractivity contribution is 7.88. The fourth-order valence-corrected chi connectivity index (χ4v) is 4.29. The molecule has 2 aromatic rings. The smallest absolute Gasteiger partial charge is 0.221 e. The minimum atomic E-state index is -3.45. The normalized spacial score (nSPS) is 23.0. The predicted molar refractivity (Wildman–Crippen MR) is 82.6 cm³/mol. The van der Waals surface area contributed by atoms with Crippen LogP contribution in [0.5, 0.6) is 0 Å². The van der Waals surface area contributed by atoms with Crippen LogP contribution in [0, 0.1) is 6.92 Å². The van der Waals surface area contributed by atoms with E-state index in [0.717, 1.165) is 5.56 Å². The van der Waals surface area contributed by atoms with Crippen molar-refractivity contribution in [2.24, 2.45) is 5.73 Å². The Kier molecular flexibility index (Phi) is 4.03. The van der Waals surface area contributed by atoms with Gasteiger partial charge < -0.3 is 10.3 Å². The Morgan fingerprint density at radius 3 is 2.68 bits per heavy atom. The lowest BCUT2D eigenvalue weighted by Gasteiger charge is -2.15. The van der Waals surface area contributed by atoms with Gasteiger partial charge in [-0.3, -0.25) is 0 Å². The van der Waals surface area contributed by atoms with Gasteiger partial charge in [0.05, 0.1) is 5.69 Å². The summed E-state index contributed by atoms with van der Waals surface area (Å²) in [4.78, 5) is 0. The standard InChI is InChI=1S/C15H19N3O3S/c1-11-7-13(21-17-11)10-22(19,20)18-8-14(15(16)9-18)12-5-3-2-4-6-12/h2-7,14-15H,8-10,16H2,1H3/t14-,15+/m0/s1. The van der Waals surface area contributed by atoms with Gasteiger partial charge in [-0.15, -0.1) is 0 Å². The molecule has 0 unspecified atom stereocenters. The van der Waals surface area contributed by atoms with Crippen molar-refractivity contribution >= 4 is 10.0 Å². The number of nitrogens with zero attached hydrogens (tertiary/aromatic N) is 2. The SMILES string of the molecule is Cc1cc(CS(=O)(=O)N2C[C@@H](N)[C@H](c3ccccc3)C2)on1. The summed E-state index contributed by atoms with van der Waals surface area (Å²) in [5.74, 6) is 0.198. The summed E-state index contributed by atoms with van der Waals surface area (Å²) in [6.07, 6.45) is 0. The van der Waals surface area contributed by atoms with Crippen molar-refractivity contribution in [1.29, 1.82) is 0 Å². The first kappa shape index (κ1) is 15.2. The molecular formula is C15H19N3O3S. The van der Waals surface area contributed by atoms with Crippen LogP contribution in [0.25, 0.3) is 0 Å². The minimum Gasteiger partial charge on any atom is -0.360 e. The number of rotatable bonds is 4. The summed E-state index contributed by atoms with van der Waals surface area (Å²) in [6, 6.07) is 11.2. The Morgan fingerprint density at radius 1 is 1.32 bits per heavy atom. The van der Waals surface area contributed by atoms with Gasteiger partial charge >= 0.3 is 0 Å². The van der Waals surface area contributed by atoms with Crippen LogP contribution in [-0.2, 0) is 15.8 Å². The molecule has 118 valence electrons. The molecular weight excluding hydrogens is 302 g/mol. The first-order valence-corrected chi connectivity index (χ1v) is 8.77. The van der Waals surface area contributed by atoms with Crippen molar-refractivity contribution < 1.29 is 12.9 Å². The van der Waals surface area contributed by atoms with E-state index in [1.54, 1.807) is 13.0 Å². The van der Waals surface area contributed by atoms with E-state index >= 15 is 0 Å². The summed E-state index contributed by atoms with van der Waals surface area (Å²) in [6.45, 7) is 2.49. The molecule has 0 aliphatic carbocycles. The van der Waals surface area contributed by atoms with Gasteiger partial charge in [-0.25, -0.2) is 8.42 Å². The molecule has 1 fully saturated rings. The second-order valence-corrected chi connectivity index (χ2v) is 7.66. The van der Waals surface area contributed by atoms with Gasteiger partial charge in [-0.05, 0) is 12.5 Å². The van der Waals surface area contributed by atoms with Gasteiger partial charge in [0.1, 0.15) is 5.75 Å². The first-order valence-electron chi connectivity index (χ1n) is 7.16. The lowest BCUT2D eigenvalue weighted by molar-refractivity contribution is 0.384. The third-order valence-electron chi connectivity index (χ3n) is 3.95. The molecule has 22 heavy (non-hydrogen) atoms. The lowest BCUT2D eigenvalue weighted by atomic mass is 9.95. The average molecular weight is 321 g/mol. The van der Waals surface area contributed by atoms with E-state index in [1.807, 2.05) is 30.3 Å². The Bertz CT molecular complexity index is 742. The van der Waals surface area contributed by atoms with Crippen LogP contribution in [0.4, 0.5) is 0 Å². The van der Waals surface area contributed by atoms with Crippen molar-refractivity contribution in [1.82, 2.24) is 9.46 Å². The fraction of sp³-hybridized carbons (Fsp3) is 0.400. The third kappa shape index (κ3) is 3.06. The molecule has 0 saturated carbocycles. The molecule has 1 aromatic carbocycles. The molecule has 1 saturated heterocycles. The molecule has 0 spiro atoms. The molecule has 2 atom stereocenters. The van der Waals surface area contributed by atoms with Crippen LogP contribution in [0.1, 0.15) is 22.9 Å². The molecule has 2 N–H and O–H groups in total. The second kappa shape index (κ2) is 5.83. The van der Waals surface area contributed by atoms with Crippen molar-refractivity contribution in [3.63, 3.8) is 0 Å². The molecule has 0 amide bonds. The van der Waals surface area contributed by atoms with E-state index in [9.17, 15) is 8.42 Å². The summed E-state index contributed by atoms with van der Waals surface area (Å²) in [5.41, 5.74) is 7.90. The molecule has 0 radical (unpaired) electrons. The monoisotopic (exact) mass is 321 g/mol. The maximum atomic E-state index is 12.5. The topological polar surface area (TPSA) is 89.4 Å². The van der Waals surface area contributed by atoms with Gasteiger partial charge in [0.2, 0.25) is 10.0 Å². The van der Waals surface area contributed by atoms with Crippen molar-refractivity contribution in [3.05, 3.63) is 53.4 Å².